The lowest BCUT2D eigenvalue weighted by atomic mass is 10.1. The van der Waals surface area contributed by atoms with Crippen molar-refractivity contribution < 1.29 is 23.1 Å². The van der Waals surface area contributed by atoms with Gasteiger partial charge < -0.3 is 15.2 Å². The molecule has 0 aliphatic heterocycles. The van der Waals surface area contributed by atoms with E-state index >= 15 is 0 Å². The van der Waals surface area contributed by atoms with Crippen molar-refractivity contribution in [3.63, 3.8) is 0 Å². The molecule has 2 aromatic rings. The summed E-state index contributed by atoms with van der Waals surface area (Å²) in [6.45, 7) is 6.36. The number of hydrogen-bond acceptors (Lipinski definition) is 5. The highest BCUT2D eigenvalue weighted by molar-refractivity contribution is 7.89. The van der Waals surface area contributed by atoms with Gasteiger partial charge in [-0.25, -0.2) is 17.9 Å². The zero-order valence-corrected chi connectivity index (χ0v) is 17.7. The lowest BCUT2D eigenvalue weighted by Gasteiger charge is -2.19. The van der Waals surface area contributed by atoms with E-state index in [-0.39, 0.29) is 29.1 Å². The molecule has 0 radical (unpaired) electrons. The topological polar surface area (TPSA) is 105 Å². The molecule has 0 amide bonds. The molecule has 158 valence electrons. The second kappa shape index (κ2) is 10.4. The first-order chi connectivity index (χ1) is 13.7. The van der Waals surface area contributed by atoms with Crippen molar-refractivity contribution in [3.8, 4) is 0 Å². The van der Waals surface area contributed by atoms with E-state index in [2.05, 4.69) is 10.0 Å². The monoisotopic (exact) mass is 420 g/mol. The SMILES string of the molecule is CC(C)OCCCNS(=O)(=O)c1cc(C(=O)O)ccc1N[C@@H](C)c1ccccc1. The van der Waals surface area contributed by atoms with Gasteiger partial charge in [0.1, 0.15) is 4.90 Å². The quantitative estimate of drug-likeness (QED) is 0.479. The average molecular weight is 421 g/mol. The fraction of sp³-hybridized carbons (Fsp3) is 0.381. The van der Waals surface area contributed by atoms with Gasteiger partial charge in [-0.15, -0.1) is 0 Å². The van der Waals surface area contributed by atoms with Crippen molar-refractivity contribution in [2.45, 2.75) is 44.2 Å². The molecular weight excluding hydrogens is 392 g/mol. The summed E-state index contributed by atoms with van der Waals surface area (Å²) in [5.41, 5.74) is 1.24. The van der Waals surface area contributed by atoms with Crippen LogP contribution in [0, 0.1) is 0 Å². The lowest BCUT2D eigenvalue weighted by Crippen LogP contribution is -2.27. The van der Waals surface area contributed by atoms with Crippen molar-refractivity contribution in [1.29, 1.82) is 0 Å². The summed E-state index contributed by atoms with van der Waals surface area (Å²) in [6.07, 6.45) is 0.591. The van der Waals surface area contributed by atoms with Crippen LogP contribution in [-0.2, 0) is 14.8 Å². The Morgan fingerprint density at radius 1 is 1.10 bits per heavy atom. The Balaban J connectivity index is 2.22. The van der Waals surface area contributed by atoms with E-state index in [1.165, 1.54) is 18.2 Å². The van der Waals surface area contributed by atoms with Crippen LogP contribution in [0.5, 0.6) is 0 Å². The van der Waals surface area contributed by atoms with Crippen LogP contribution in [0.25, 0.3) is 0 Å². The van der Waals surface area contributed by atoms with E-state index in [1.54, 1.807) is 0 Å². The predicted octanol–water partition coefficient (Wildman–Crippen LogP) is 3.65. The molecule has 0 heterocycles. The first kappa shape index (κ1) is 22.9. The average Bonchev–Trinajstić information content (AvgIpc) is 2.68. The Morgan fingerprint density at radius 3 is 2.41 bits per heavy atom. The molecule has 0 spiro atoms. The summed E-state index contributed by atoms with van der Waals surface area (Å²) in [5, 5.41) is 12.5. The lowest BCUT2D eigenvalue weighted by molar-refractivity contribution is 0.0696. The maximum atomic E-state index is 12.9. The van der Waals surface area contributed by atoms with E-state index in [4.69, 9.17) is 4.74 Å². The fourth-order valence-electron chi connectivity index (χ4n) is 2.73. The Morgan fingerprint density at radius 2 is 1.79 bits per heavy atom. The number of sulfonamides is 1. The molecule has 1 atom stereocenters. The van der Waals surface area contributed by atoms with Crippen LogP contribution >= 0.6 is 0 Å². The third-order valence-electron chi connectivity index (χ3n) is 4.25. The van der Waals surface area contributed by atoms with Crippen LogP contribution in [0.3, 0.4) is 0 Å². The number of carboxylic acid groups (broad SMARTS) is 1. The minimum atomic E-state index is -3.91. The maximum absolute atomic E-state index is 12.9. The number of hydrogen-bond donors (Lipinski definition) is 3. The third-order valence-corrected chi connectivity index (χ3v) is 5.75. The van der Waals surface area contributed by atoms with Gasteiger partial charge in [-0.1, -0.05) is 30.3 Å². The zero-order valence-electron chi connectivity index (χ0n) is 16.9. The Bertz CT molecular complexity index is 914. The van der Waals surface area contributed by atoms with Gasteiger partial charge in [0.15, 0.2) is 0 Å². The van der Waals surface area contributed by atoms with Crippen LogP contribution in [0.15, 0.2) is 53.4 Å². The number of rotatable bonds is 11. The number of anilines is 1. The van der Waals surface area contributed by atoms with Crippen LogP contribution in [0.2, 0.25) is 0 Å². The molecule has 0 fully saturated rings. The van der Waals surface area contributed by atoms with Crippen molar-refractivity contribution >= 4 is 21.7 Å². The van der Waals surface area contributed by atoms with Gasteiger partial charge >= 0.3 is 5.97 Å². The predicted molar refractivity (Wildman–Crippen MR) is 113 cm³/mol. The highest BCUT2D eigenvalue weighted by Gasteiger charge is 2.21. The van der Waals surface area contributed by atoms with Gasteiger partial charge in [0.25, 0.3) is 0 Å². The molecule has 29 heavy (non-hydrogen) atoms. The minimum Gasteiger partial charge on any atom is -0.478 e. The summed E-state index contributed by atoms with van der Waals surface area (Å²) < 4.78 is 33.7. The largest absolute Gasteiger partial charge is 0.478 e. The van der Waals surface area contributed by atoms with E-state index in [9.17, 15) is 18.3 Å². The summed E-state index contributed by atoms with van der Waals surface area (Å²) in [7, 11) is -3.91. The Hall–Kier alpha value is -2.42. The number of benzene rings is 2. The molecular formula is C21H28N2O5S. The van der Waals surface area contributed by atoms with Crippen LogP contribution in [0.4, 0.5) is 5.69 Å². The van der Waals surface area contributed by atoms with Gasteiger partial charge in [0.2, 0.25) is 10.0 Å². The Kier molecular flexibility index (Phi) is 8.19. The van der Waals surface area contributed by atoms with Gasteiger partial charge in [0.05, 0.1) is 17.4 Å². The first-order valence-electron chi connectivity index (χ1n) is 9.51. The molecule has 0 bridgehead atoms. The highest BCUT2D eigenvalue weighted by atomic mass is 32.2. The molecule has 0 unspecified atom stereocenters. The summed E-state index contributed by atoms with van der Waals surface area (Å²) in [6, 6.07) is 13.5. The van der Waals surface area contributed by atoms with Crippen LogP contribution < -0.4 is 10.0 Å². The van der Waals surface area contributed by atoms with Crippen molar-refractivity contribution in [1.82, 2.24) is 4.72 Å². The second-order valence-electron chi connectivity index (χ2n) is 6.96. The van der Waals surface area contributed by atoms with Crippen molar-refractivity contribution in [3.05, 3.63) is 59.7 Å². The second-order valence-corrected chi connectivity index (χ2v) is 8.70. The molecule has 0 aliphatic rings. The fourth-order valence-corrected chi connectivity index (χ4v) is 4.00. The molecule has 7 nitrogen and oxygen atoms in total. The highest BCUT2D eigenvalue weighted by Crippen LogP contribution is 2.27. The number of aromatic carboxylic acids is 1. The molecule has 0 aromatic heterocycles. The van der Waals surface area contributed by atoms with E-state index in [0.717, 1.165) is 5.56 Å². The molecule has 0 aliphatic carbocycles. The molecule has 3 N–H and O–H groups in total. The summed E-state index contributed by atoms with van der Waals surface area (Å²) in [5.74, 6) is -1.19. The van der Waals surface area contributed by atoms with E-state index in [0.29, 0.717) is 18.7 Å². The number of nitrogens with one attached hydrogen (secondary N) is 2. The van der Waals surface area contributed by atoms with E-state index < -0.39 is 16.0 Å². The normalized spacial score (nSPS) is 12.7. The van der Waals surface area contributed by atoms with Gasteiger partial charge in [-0.2, -0.15) is 0 Å². The first-order valence-corrected chi connectivity index (χ1v) is 11.0. The number of carbonyl (C=O) groups is 1. The molecule has 2 aromatic carbocycles. The number of ether oxygens (including phenoxy) is 1. The summed E-state index contributed by atoms with van der Waals surface area (Å²) >= 11 is 0. The van der Waals surface area contributed by atoms with Crippen molar-refractivity contribution in [2.75, 3.05) is 18.5 Å². The molecule has 2 rings (SSSR count). The van der Waals surface area contributed by atoms with Gasteiger partial charge in [-0.3, -0.25) is 0 Å². The Labute approximate surface area is 172 Å². The van der Waals surface area contributed by atoms with Crippen molar-refractivity contribution in [2.24, 2.45) is 0 Å². The standard InChI is InChI=1S/C21H28N2O5S/c1-15(2)28-13-7-12-22-29(26,27)20-14-18(21(24)25)10-11-19(20)23-16(3)17-8-5-4-6-9-17/h4-6,8-11,14-16,22-23H,7,12-13H2,1-3H3,(H,24,25)/t16-/m0/s1. The zero-order chi connectivity index (χ0) is 21.4. The molecule has 0 saturated heterocycles. The minimum absolute atomic E-state index is 0.0779. The summed E-state index contributed by atoms with van der Waals surface area (Å²) in [4.78, 5) is 11.3. The smallest absolute Gasteiger partial charge is 0.335 e. The molecule has 8 heteroatoms. The van der Waals surface area contributed by atoms with Crippen LogP contribution in [-0.4, -0.2) is 38.7 Å². The maximum Gasteiger partial charge on any atom is 0.335 e. The molecule has 0 saturated carbocycles. The van der Waals surface area contributed by atoms with Gasteiger partial charge in [0, 0.05) is 19.2 Å². The van der Waals surface area contributed by atoms with Gasteiger partial charge in [-0.05, 0) is 51.0 Å². The van der Waals surface area contributed by atoms with Crippen LogP contribution in [0.1, 0.15) is 49.2 Å². The third kappa shape index (κ3) is 6.85. The number of carboxylic acids is 1. The van der Waals surface area contributed by atoms with E-state index in [1.807, 2.05) is 51.1 Å².